The van der Waals surface area contributed by atoms with Crippen molar-refractivity contribution in [2.45, 2.75) is 39.5 Å². The smallest absolute Gasteiger partial charge is 0.330 e. The molecule has 0 fully saturated rings. The van der Waals surface area contributed by atoms with Gasteiger partial charge >= 0.3 is 5.97 Å². The van der Waals surface area contributed by atoms with Crippen LogP contribution in [0.15, 0.2) is 30.3 Å². The molecule has 110 valence electrons. The fraction of sp³-hybridized carbons (Fsp3) is 0.471. The lowest BCUT2D eigenvalue weighted by molar-refractivity contribution is -0.139. The van der Waals surface area contributed by atoms with Crippen molar-refractivity contribution in [3.8, 4) is 0 Å². The summed E-state index contributed by atoms with van der Waals surface area (Å²) in [6.07, 6.45) is 7.76. The largest absolute Gasteiger partial charge is 0.462 e. The van der Waals surface area contributed by atoms with Crippen molar-refractivity contribution in [2.24, 2.45) is 5.92 Å². The molecule has 0 amide bonds. The fourth-order valence-electron chi connectivity index (χ4n) is 1.88. The number of carbonyl (C=O) groups excluding carboxylic acids is 1. The molecule has 20 heavy (non-hydrogen) atoms. The van der Waals surface area contributed by atoms with Crippen LogP contribution in [0.2, 0.25) is 5.02 Å². The summed E-state index contributed by atoms with van der Waals surface area (Å²) in [5, 5.41) is 0.687. The molecule has 0 aliphatic carbocycles. The summed E-state index contributed by atoms with van der Waals surface area (Å²) in [6.45, 7) is 4.82. The van der Waals surface area contributed by atoms with Crippen LogP contribution in [0.3, 0.4) is 0 Å². The third-order valence-electron chi connectivity index (χ3n) is 3.29. The summed E-state index contributed by atoms with van der Waals surface area (Å²) in [5.41, 5.74) is 0.935. The van der Waals surface area contributed by atoms with Gasteiger partial charge in [0.25, 0.3) is 0 Å². The van der Waals surface area contributed by atoms with Crippen LogP contribution in [-0.2, 0) is 9.53 Å². The Morgan fingerprint density at radius 3 is 2.60 bits per heavy atom. The zero-order chi connectivity index (χ0) is 14.8. The van der Waals surface area contributed by atoms with Gasteiger partial charge in [-0.15, -0.1) is 0 Å². The van der Waals surface area contributed by atoms with Gasteiger partial charge in [0.1, 0.15) is 0 Å². The molecule has 1 rings (SSSR count). The SMILES string of the molecule is CCCCC(CC)COC(=O)/C=C/c1ccc(Cl)cc1. The van der Waals surface area contributed by atoms with Crippen molar-refractivity contribution in [3.05, 3.63) is 40.9 Å². The molecule has 0 saturated heterocycles. The van der Waals surface area contributed by atoms with Crippen molar-refractivity contribution in [3.63, 3.8) is 0 Å². The Morgan fingerprint density at radius 2 is 2.00 bits per heavy atom. The molecule has 1 unspecified atom stereocenters. The molecule has 0 aliphatic heterocycles. The minimum atomic E-state index is -0.283. The molecule has 0 radical (unpaired) electrons. The van der Waals surface area contributed by atoms with E-state index >= 15 is 0 Å². The van der Waals surface area contributed by atoms with E-state index in [4.69, 9.17) is 16.3 Å². The van der Waals surface area contributed by atoms with Gasteiger partial charge in [-0.3, -0.25) is 0 Å². The molecule has 3 heteroatoms. The second kappa shape index (κ2) is 9.60. The van der Waals surface area contributed by atoms with E-state index in [0.29, 0.717) is 17.5 Å². The summed E-state index contributed by atoms with van der Waals surface area (Å²) < 4.78 is 5.29. The van der Waals surface area contributed by atoms with Crippen LogP contribution in [-0.4, -0.2) is 12.6 Å². The maximum absolute atomic E-state index is 11.6. The summed E-state index contributed by atoms with van der Waals surface area (Å²) in [6, 6.07) is 7.32. The molecule has 0 saturated carbocycles. The van der Waals surface area contributed by atoms with E-state index < -0.39 is 0 Å². The Morgan fingerprint density at radius 1 is 1.30 bits per heavy atom. The lowest BCUT2D eigenvalue weighted by Gasteiger charge is -2.13. The van der Waals surface area contributed by atoms with E-state index in [0.717, 1.165) is 18.4 Å². The van der Waals surface area contributed by atoms with E-state index in [9.17, 15) is 4.79 Å². The van der Waals surface area contributed by atoms with Gasteiger partial charge in [0.15, 0.2) is 0 Å². The van der Waals surface area contributed by atoms with Crippen molar-refractivity contribution in [1.82, 2.24) is 0 Å². The first-order chi connectivity index (χ1) is 9.65. The average molecular weight is 295 g/mol. The first-order valence-electron chi connectivity index (χ1n) is 7.26. The van der Waals surface area contributed by atoms with Gasteiger partial charge in [-0.1, -0.05) is 56.8 Å². The maximum Gasteiger partial charge on any atom is 0.330 e. The number of esters is 1. The van der Waals surface area contributed by atoms with Crippen LogP contribution in [0.4, 0.5) is 0 Å². The highest BCUT2D eigenvalue weighted by molar-refractivity contribution is 6.30. The molecular formula is C17H23ClO2. The van der Waals surface area contributed by atoms with E-state index in [1.165, 1.54) is 18.9 Å². The summed E-state index contributed by atoms with van der Waals surface area (Å²) in [7, 11) is 0. The van der Waals surface area contributed by atoms with Crippen molar-refractivity contribution in [1.29, 1.82) is 0 Å². The number of hydrogen-bond donors (Lipinski definition) is 0. The molecule has 1 aromatic carbocycles. The number of carbonyl (C=O) groups is 1. The Bertz CT molecular complexity index is 423. The molecule has 1 aromatic rings. The molecule has 0 aliphatic rings. The highest BCUT2D eigenvalue weighted by atomic mass is 35.5. The minimum absolute atomic E-state index is 0.283. The number of benzene rings is 1. The van der Waals surface area contributed by atoms with E-state index in [1.807, 2.05) is 12.1 Å². The number of hydrogen-bond acceptors (Lipinski definition) is 2. The lowest BCUT2D eigenvalue weighted by Crippen LogP contribution is -2.12. The highest BCUT2D eigenvalue weighted by Crippen LogP contribution is 2.13. The third kappa shape index (κ3) is 6.76. The second-order valence-electron chi connectivity index (χ2n) is 4.93. The highest BCUT2D eigenvalue weighted by Gasteiger charge is 2.08. The molecule has 2 nitrogen and oxygen atoms in total. The Kier molecular flexibility index (Phi) is 8.05. The predicted octanol–water partition coefficient (Wildman–Crippen LogP) is 5.11. The monoisotopic (exact) mass is 294 g/mol. The zero-order valence-corrected chi connectivity index (χ0v) is 13.0. The van der Waals surface area contributed by atoms with Crippen molar-refractivity contribution >= 4 is 23.6 Å². The fourth-order valence-corrected chi connectivity index (χ4v) is 2.01. The first kappa shape index (κ1) is 16.8. The average Bonchev–Trinajstić information content (AvgIpc) is 2.47. The molecular weight excluding hydrogens is 272 g/mol. The van der Waals surface area contributed by atoms with Gasteiger partial charge in [0, 0.05) is 11.1 Å². The number of rotatable bonds is 8. The Labute approximate surface area is 126 Å². The van der Waals surface area contributed by atoms with Crippen LogP contribution in [0, 0.1) is 5.92 Å². The number of ether oxygens (including phenoxy) is 1. The molecule has 0 heterocycles. The normalized spacial score (nSPS) is 12.6. The number of unbranched alkanes of at least 4 members (excludes halogenated alkanes) is 1. The molecule has 0 N–H and O–H groups in total. The molecule has 0 bridgehead atoms. The van der Waals surface area contributed by atoms with E-state index in [2.05, 4.69) is 13.8 Å². The topological polar surface area (TPSA) is 26.3 Å². The summed E-state index contributed by atoms with van der Waals surface area (Å²) >= 11 is 5.80. The van der Waals surface area contributed by atoms with Gasteiger partial charge < -0.3 is 4.74 Å². The van der Waals surface area contributed by atoms with Crippen LogP contribution in [0.25, 0.3) is 6.08 Å². The second-order valence-corrected chi connectivity index (χ2v) is 5.37. The van der Waals surface area contributed by atoms with Crippen molar-refractivity contribution in [2.75, 3.05) is 6.61 Å². The standard InChI is InChI=1S/C17H23ClO2/c1-3-5-6-14(4-2)13-20-17(19)12-9-15-7-10-16(18)11-8-15/h7-12,14H,3-6,13H2,1-2H3/b12-9+. The minimum Gasteiger partial charge on any atom is -0.462 e. The Balaban J connectivity index is 2.37. The van der Waals surface area contributed by atoms with Gasteiger partial charge in [0.05, 0.1) is 6.61 Å². The quantitative estimate of drug-likeness (QED) is 0.492. The summed E-state index contributed by atoms with van der Waals surface area (Å²) in [5.74, 6) is 0.192. The first-order valence-corrected chi connectivity index (χ1v) is 7.63. The maximum atomic E-state index is 11.6. The van der Waals surface area contributed by atoms with E-state index in [1.54, 1.807) is 18.2 Å². The van der Waals surface area contributed by atoms with Gasteiger partial charge in [-0.05, 0) is 36.1 Å². The third-order valence-corrected chi connectivity index (χ3v) is 3.54. The Hall–Kier alpha value is -1.28. The zero-order valence-electron chi connectivity index (χ0n) is 12.3. The van der Waals surface area contributed by atoms with Gasteiger partial charge in [-0.2, -0.15) is 0 Å². The molecule has 0 aromatic heterocycles. The van der Waals surface area contributed by atoms with Crippen LogP contribution in [0.1, 0.15) is 45.1 Å². The summed E-state index contributed by atoms with van der Waals surface area (Å²) in [4.78, 5) is 11.6. The van der Waals surface area contributed by atoms with Crippen LogP contribution in [0.5, 0.6) is 0 Å². The van der Waals surface area contributed by atoms with Gasteiger partial charge in [0.2, 0.25) is 0 Å². The van der Waals surface area contributed by atoms with Crippen molar-refractivity contribution < 1.29 is 9.53 Å². The molecule has 1 atom stereocenters. The lowest BCUT2D eigenvalue weighted by atomic mass is 10.0. The van der Waals surface area contributed by atoms with Crippen LogP contribution >= 0.6 is 11.6 Å². The van der Waals surface area contributed by atoms with E-state index in [-0.39, 0.29) is 5.97 Å². The van der Waals surface area contributed by atoms with Crippen LogP contribution < -0.4 is 0 Å². The molecule has 0 spiro atoms. The van der Waals surface area contributed by atoms with Gasteiger partial charge in [-0.25, -0.2) is 4.79 Å². The number of halogens is 1. The predicted molar refractivity (Wildman–Crippen MR) is 84.8 cm³/mol.